The summed E-state index contributed by atoms with van der Waals surface area (Å²) in [4.78, 5) is 54.0. The van der Waals surface area contributed by atoms with Crippen LogP contribution in [-0.2, 0) is 20.8 Å². The van der Waals surface area contributed by atoms with Crippen molar-refractivity contribution in [3.8, 4) is 5.75 Å². The van der Waals surface area contributed by atoms with Gasteiger partial charge in [-0.25, -0.2) is 8.78 Å². The molecule has 1 fully saturated rings. The van der Waals surface area contributed by atoms with E-state index in [1.165, 1.54) is 6.07 Å². The zero-order valence-corrected chi connectivity index (χ0v) is 22.8. The van der Waals surface area contributed by atoms with E-state index in [0.29, 0.717) is 37.4 Å². The van der Waals surface area contributed by atoms with Crippen LogP contribution in [0, 0.1) is 17.6 Å². The molecule has 42 heavy (non-hydrogen) atoms. The molecule has 12 heteroatoms. The van der Waals surface area contributed by atoms with E-state index < -0.39 is 17.6 Å². The number of carboxylic acid groups (broad SMARTS) is 1. The number of hydrogen-bond acceptors (Lipinski definition) is 5. The van der Waals surface area contributed by atoms with Crippen LogP contribution >= 0.6 is 0 Å². The van der Waals surface area contributed by atoms with Gasteiger partial charge in [0.2, 0.25) is 11.8 Å². The number of carbonyl (C=O) groups is 4. The first kappa shape index (κ1) is 30.2. The van der Waals surface area contributed by atoms with E-state index in [9.17, 15) is 23.2 Å². The molecule has 2 aliphatic rings. The number of hydrogen-bond donors (Lipinski definition) is 3. The number of carbonyl (C=O) groups excluding carboxylic acids is 3. The molecule has 5 rings (SSSR count). The number of nitrogens with zero attached hydrogens (tertiary/aromatic N) is 2. The first-order valence-electron chi connectivity index (χ1n) is 13.5. The molecule has 0 spiro atoms. The maximum atomic E-state index is 14.2. The highest BCUT2D eigenvalue weighted by Gasteiger charge is 2.40. The molecule has 0 unspecified atom stereocenters. The molecule has 0 radical (unpaired) electrons. The van der Waals surface area contributed by atoms with Crippen LogP contribution in [0.5, 0.6) is 5.75 Å². The largest absolute Gasteiger partial charge is 0.494 e. The highest BCUT2D eigenvalue weighted by Crippen LogP contribution is 2.35. The lowest BCUT2D eigenvalue weighted by atomic mass is 9.88. The van der Waals surface area contributed by atoms with Crippen molar-refractivity contribution < 1.29 is 37.8 Å². The number of aromatic nitrogens is 1. The molecular formula is C30H32F2N4O6. The van der Waals surface area contributed by atoms with Gasteiger partial charge in [-0.15, -0.1) is 0 Å². The van der Waals surface area contributed by atoms with Crippen molar-refractivity contribution in [1.82, 2.24) is 20.1 Å². The topological polar surface area (TPSA) is 132 Å². The average Bonchev–Trinajstić information content (AvgIpc) is 3.67. The summed E-state index contributed by atoms with van der Waals surface area (Å²) in [5.74, 6) is -2.37. The van der Waals surface area contributed by atoms with Crippen molar-refractivity contribution in [2.24, 2.45) is 5.92 Å². The number of ether oxygens (including phenoxy) is 1. The maximum absolute atomic E-state index is 14.2. The fraction of sp³-hybridized carbons (Fsp3) is 0.333. The third-order valence-electron chi connectivity index (χ3n) is 7.31. The van der Waals surface area contributed by atoms with Crippen LogP contribution in [0.2, 0.25) is 0 Å². The minimum atomic E-state index is -0.775. The maximum Gasteiger partial charge on any atom is 0.290 e. The van der Waals surface area contributed by atoms with Gasteiger partial charge in [0, 0.05) is 57.1 Å². The van der Waals surface area contributed by atoms with Crippen LogP contribution in [0.25, 0.3) is 0 Å². The van der Waals surface area contributed by atoms with Gasteiger partial charge >= 0.3 is 0 Å². The van der Waals surface area contributed by atoms with E-state index in [0.717, 1.165) is 17.7 Å². The van der Waals surface area contributed by atoms with Crippen LogP contribution in [0.15, 0.2) is 60.9 Å². The minimum absolute atomic E-state index is 0.104. The second-order valence-corrected chi connectivity index (χ2v) is 9.99. The molecule has 10 nitrogen and oxygen atoms in total. The summed E-state index contributed by atoms with van der Waals surface area (Å²) < 4.78 is 33.5. The number of nitrogens with one attached hydrogen (secondary N) is 2. The van der Waals surface area contributed by atoms with E-state index in [-0.39, 0.29) is 61.7 Å². The number of likely N-dealkylation sites (tertiary alicyclic amines) is 1. The zero-order valence-electron chi connectivity index (χ0n) is 22.8. The summed E-state index contributed by atoms with van der Waals surface area (Å²) in [6.07, 6.45) is 3.71. The van der Waals surface area contributed by atoms with E-state index in [2.05, 4.69) is 10.3 Å². The van der Waals surface area contributed by atoms with Gasteiger partial charge in [-0.05, 0) is 41.8 Å². The van der Waals surface area contributed by atoms with E-state index in [1.807, 2.05) is 24.3 Å². The normalized spacial score (nSPS) is 18.9. The summed E-state index contributed by atoms with van der Waals surface area (Å²) in [6.45, 7) is 1.65. The summed E-state index contributed by atoms with van der Waals surface area (Å²) in [5, 5.41) is 9.85. The van der Waals surface area contributed by atoms with Gasteiger partial charge < -0.3 is 29.9 Å². The van der Waals surface area contributed by atoms with Crippen molar-refractivity contribution in [2.45, 2.75) is 18.8 Å². The first-order chi connectivity index (χ1) is 20.3. The van der Waals surface area contributed by atoms with E-state index in [1.54, 1.807) is 28.3 Å². The van der Waals surface area contributed by atoms with Crippen molar-refractivity contribution in [1.29, 1.82) is 0 Å². The summed E-state index contributed by atoms with van der Waals surface area (Å²) in [5.41, 5.74) is 1.52. The molecule has 2 aliphatic heterocycles. The Morgan fingerprint density at radius 3 is 2.57 bits per heavy atom. The Balaban J connectivity index is 0.00000129. The monoisotopic (exact) mass is 582 g/mol. The first-order valence-corrected chi connectivity index (χ1v) is 13.5. The highest BCUT2D eigenvalue weighted by atomic mass is 19.1. The van der Waals surface area contributed by atoms with Gasteiger partial charge in [0.15, 0.2) is 0 Å². The van der Waals surface area contributed by atoms with Crippen LogP contribution in [0.4, 0.5) is 8.78 Å². The Hall–Kier alpha value is -4.74. The number of benzene rings is 2. The Labute approximate surface area is 241 Å². The quantitative estimate of drug-likeness (QED) is 0.407. The van der Waals surface area contributed by atoms with Crippen molar-refractivity contribution >= 4 is 24.2 Å². The molecule has 0 saturated carbocycles. The highest BCUT2D eigenvalue weighted by molar-refractivity contribution is 5.94. The number of amides is 3. The number of aromatic amines is 1. The predicted molar refractivity (Wildman–Crippen MR) is 148 cm³/mol. The van der Waals surface area contributed by atoms with Crippen molar-refractivity contribution in [3.05, 3.63) is 89.2 Å². The second-order valence-electron chi connectivity index (χ2n) is 9.99. The SMILES string of the molecule is O=C1NCCN(C(=O)c2cc[nH]c2)CCCOc2cccc(c2)[C@H]2CN(C(=O)Cc3ccc(F)cc3F)C[C@H]12.O=CO. The fourth-order valence-corrected chi connectivity index (χ4v) is 5.23. The fourth-order valence-electron chi connectivity index (χ4n) is 5.23. The van der Waals surface area contributed by atoms with E-state index >= 15 is 0 Å². The molecule has 1 aromatic heterocycles. The molecule has 2 atom stereocenters. The Bertz CT molecular complexity index is 1400. The molecule has 222 valence electrons. The lowest BCUT2D eigenvalue weighted by Gasteiger charge is -2.24. The number of rotatable bonds is 3. The minimum Gasteiger partial charge on any atom is -0.494 e. The predicted octanol–water partition coefficient (Wildman–Crippen LogP) is 2.82. The van der Waals surface area contributed by atoms with E-state index in [4.69, 9.17) is 14.6 Å². The van der Waals surface area contributed by atoms with Gasteiger partial charge in [-0.2, -0.15) is 0 Å². The van der Waals surface area contributed by atoms with Gasteiger partial charge in [0.25, 0.3) is 12.4 Å². The molecular weight excluding hydrogens is 550 g/mol. The van der Waals surface area contributed by atoms with Gasteiger partial charge in [-0.1, -0.05) is 18.2 Å². The molecule has 2 bridgehead atoms. The molecule has 3 N–H and O–H groups in total. The van der Waals surface area contributed by atoms with Crippen LogP contribution < -0.4 is 10.1 Å². The zero-order chi connectivity index (χ0) is 30.1. The van der Waals surface area contributed by atoms with Gasteiger partial charge in [0.1, 0.15) is 17.4 Å². The smallest absolute Gasteiger partial charge is 0.290 e. The Morgan fingerprint density at radius 2 is 1.83 bits per heavy atom. The Morgan fingerprint density at radius 1 is 1.05 bits per heavy atom. The molecule has 3 heterocycles. The average molecular weight is 583 g/mol. The molecule has 3 aromatic rings. The third kappa shape index (κ3) is 7.50. The number of fused-ring (bicyclic) bond motifs is 4. The molecule has 2 aromatic carbocycles. The summed E-state index contributed by atoms with van der Waals surface area (Å²) in [6, 6.07) is 12.3. The van der Waals surface area contributed by atoms with Crippen molar-refractivity contribution in [3.63, 3.8) is 0 Å². The number of H-pyrrole nitrogens is 1. The van der Waals surface area contributed by atoms with Crippen LogP contribution in [0.3, 0.4) is 0 Å². The van der Waals surface area contributed by atoms with Crippen LogP contribution in [-0.4, -0.2) is 83.4 Å². The van der Waals surface area contributed by atoms with Crippen molar-refractivity contribution in [2.75, 3.05) is 39.3 Å². The molecule has 0 aliphatic carbocycles. The van der Waals surface area contributed by atoms with Gasteiger partial charge in [-0.3, -0.25) is 19.2 Å². The standard InChI is InChI=1S/C29H30F2N4O4.CH2O2/c30-22-6-5-20(26(31)15-22)14-27(36)35-17-24-19-3-1-4-23(13-19)39-12-2-10-34(29(38)21-7-8-32-16-21)11-9-33-28(37)25(24)18-35;2-1-3/h1,3-8,13,15-16,24-25,32H,2,9-12,14,17-18H2,(H,33,37);1H,(H,2,3)/t24-,25+;/m1./s1. The van der Waals surface area contributed by atoms with Crippen LogP contribution in [0.1, 0.15) is 33.8 Å². The lowest BCUT2D eigenvalue weighted by Crippen LogP contribution is -2.42. The third-order valence-corrected chi connectivity index (χ3v) is 7.31. The second kappa shape index (κ2) is 14.2. The molecule has 3 amide bonds. The Kier molecular flexibility index (Phi) is 10.2. The van der Waals surface area contributed by atoms with Gasteiger partial charge in [0.05, 0.1) is 24.5 Å². The lowest BCUT2D eigenvalue weighted by molar-refractivity contribution is -0.130. The number of halogens is 2. The molecule has 1 saturated heterocycles. The summed E-state index contributed by atoms with van der Waals surface area (Å²) in [7, 11) is 0. The summed E-state index contributed by atoms with van der Waals surface area (Å²) >= 11 is 0.